The van der Waals surface area contributed by atoms with E-state index in [-0.39, 0.29) is 18.4 Å². The number of allylic oxidation sites excluding steroid dienone is 1. The number of carboxylic acid groups (broad SMARTS) is 1. The van der Waals surface area contributed by atoms with Crippen LogP contribution in [-0.2, 0) is 22.6 Å². The van der Waals surface area contributed by atoms with E-state index in [4.69, 9.17) is 0 Å². The number of aliphatic carboxylic acids is 1. The predicted octanol–water partition coefficient (Wildman–Crippen LogP) is 2.51. The fourth-order valence-electron chi connectivity index (χ4n) is 4.18. The van der Waals surface area contributed by atoms with E-state index in [1.54, 1.807) is 24.0 Å². The van der Waals surface area contributed by atoms with Gasteiger partial charge in [-0.15, -0.1) is 11.8 Å². The average Bonchev–Trinajstić information content (AvgIpc) is 3.39. The molecule has 0 spiro atoms. The van der Waals surface area contributed by atoms with Crippen molar-refractivity contribution in [2.75, 3.05) is 18.8 Å². The van der Waals surface area contributed by atoms with Crippen molar-refractivity contribution in [1.29, 1.82) is 0 Å². The summed E-state index contributed by atoms with van der Waals surface area (Å²) < 4.78 is 0. The molecule has 4 rings (SSSR count). The van der Waals surface area contributed by atoms with Crippen LogP contribution in [0.25, 0.3) is 0 Å². The van der Waals surface area contributed by atoms with Crippen LogP contribution >= 0.6 is 11.8 Å². The Morgan fingerprint density at radius 1 is 1.14 bits per heavy atom. The molecule has 3 amide bonds. The Morgan fingerprint density at radius 2 is 1.91 bits per heavy atom. The number of nitrogens with zero attached hydrogens (tertiary/aromatic N) is 1. The highest BCUT2D eigenvalue weighted by atomic mass is 32.2. The van der Waals surface area contributed by atoms with Crippen molar-refractivity contribution in [3.63, 3.8) is 0 Å². The van der Waals surface area contributed by atoms with Gasteiger partial charge in [-0.05, 0) is 48.6 Å². The molecule has 0 aromatic heterocycles. The second-order valence-corrected chi connectivity index (χ2v) is 9.70. The zero-order valence-electron chi connectivity index (χ0n) is 19.4. The Bertz CT molecular complexity index is 1190. The summed E-state index contributed by atoms with van der Waals surface area (Å²) >= 11 is 1.42. The summed E-state index contributed by atoms with van der Waals surface area (Å²) in [6.45, 7) is 2.54. The standard InChI is InChI=1S/C26H27N3O5S/c1-16-12-20-18(9-10-29(25(20)32)15-17-6-3-2-4-7-17)13-19(16)23(30)28-21(26(33)34)14-27-24(31)22-8-5-11-35-22/h2-4,6-8,12-13,21H,5,9-11,14-15H2,1H3,(H,27,31)(H,28,30)(H,33,34)/t21-/m0/s1. The van der Waals surface area contributed by atoms with Crippen LogP contribution in [0.2, 0.25) is 0 Å². The lowest BCUT2D eigenvalue weighted by atomic mass is 9.92. The smallest absolute Gasteiger partial charge is 0.328 e. The summed E-state index contributed by atoms with van der Waals surface area (Å²) in [4.78, 5) is 52.3. The van der Waals surface area contributed by atoms with Crippen LogP contribution in [0.3, 0.4) is 0 Å². The molecule has 2 aromatic carbocycles. The summed E-state index contributed by atoms with van der Waals surface area (Å²) in [5.74, 6) is -1.40. The number of benzene rings is 2. The van der Waals surface area contributed by atoms with Gasteiger partial charge in [-0.1, -0.05) is 36.4 Å². The van der Waals surface area contributed by atoms with Crippen molar-refractivity contribution in [3.05, 3.63) is 81.3 Å². The number of amides is 3. The van der Waals surface area contributed by atoms with E-state index in [1.807, 2.05) is 36.4 Å². The second-order valence-electron chi connectivity index (χ2n) is 8.57. The Hall–Kier alpha value is -3.59. The molecule has 8 nitrogen and oxygen atoms in total. The van der Waals surface area contributed by atoms with Crippen molar-refractivity contribution < 1.29 is 24.3 Å². The number of fused-ring (bicyclic) bond motifs is 1. The predicted molar refractivity (Wildman–Crippen MR) is 133 cm³/mol. The van der Waals surface area contributed by atoms with Crippen molar-refractivity contribution in [1.82, 2.24) is 15.5 Å². The van der Waals surface area contributed by atoms with E-state index in [0.29, 0.717) is 41.1 Å². The molecule has 2 aliphatic rings. The number of carboxylic acids is 1. The highest BCUT2D eigenvalue weighted by Gasteiger charge is 2.28. The van der Waals surface area contributed by atoms with E-state index in [1.165, 1.54) is 11.8 Å². The van der Waals surface area contributed by atoms with Gasteiger partial charge < -0.3 is 20.6 Å². The SMILES string of the molecule is Cc1cc2c(cc1C(=O)N[C@@H](CNC(=O)C1=CCCS1)C(=O)O)CCN(Cc1ccccc1)C2=O. The Balaban J connectivity index is 1.44. The van der Waals surface area contributed by atoms with Crippen LogP contribution in [0, 0.1) is 6.92 Å². The van der Waals surface area contributed by atoms with Crippen LogP contribution in [-0.4, -0.2) is 58.6 Å². The topological polar surface area (TPSA) is 116 Å². The number of carbonyl (C=O) groups excluding carboxylic acids is 3. The molecule has 1 atom stereocenters. The highest BCUT2D eigenvalue weighted by Crippen LogP contribution is 2.25. The minimum Gasteiger partial charge on any atom is -0.480 e. The number of hydrogen-bond donors (Lipinski definition) is 3. The van der Waals surface area contributed by atoms with Crippen molar-refractivity contribution in [2.24, 2.45) is 0 Å². The first-order chi connectivity index (χ1) is 16.8. The Labute approximate surface area is 207 Å². The largest absolute Gasteiger partial charge is 0.480 e. The zero-order valence-corrected chi connectivity index (χ0v) is 20.2. The number of thioether (sulfide) groups is 1. The average molecular weight is 494 g/mol. The van der Waals surface area contributed by atoms with E-state index in [0.717, 1.165) is 23.3 Å². The number of aryl methyl sites for hydroxylation is 1. The fourth-order valence-corrected chi connectivity index (χ4v) is 5.07. The first-order valence-electron chi connectivity index (χ1n) is 11.4. The highest BCUT2D eigenvalue weighted by molar-refractivity contribution is 8.04. The lowest BCUT2D eigenvalue weighted by molar-refractivity contribution is -0.139. The quantitative estimate of drug-likeness (QED) is 0.521. The number of hydrogen-bond acceptors (Lipinski definition) is 5. The van der Waals surface area contributed by atoms with Gasteiger partial charge in [0.05, 0.1) is 4.91 Å². The minimum atomic E-state index is -1.28. The Kier molecular flexibility index (Phi) is 7.55. The number of carbonyl (C=O) groups is 4. The molecule has 0 bridgehead atoms. The molecule has 2 heterocycles. The van der Waals surface area contributed by atoms with Gasteiger partial charge in [-0.2, -0.15) is 0 Å². The molecule has 0 saturated carbocycles. The van der Waals surface area contributed by atoms with Crippen LogP contribution in [0.5, 0.6) is 0 Å². The summed E-state index contributed by atoms with van der Waals surface area (Å²) in [5, 5.41) is 14.6. The molecule has 9 heteroatoms. The maximum absolute atomic E-state index is 13.1. The maximum Gasteiger partial charge on any atom is 0.328 e. The molecule has 35 heavy (non-hydrogen) atoms. The summed E-state index contributed by atoms with van der Waals surface area (Å²) in [6.07, 6.45) is 3.21. The van der Waals surface area contributed by atoms with E-state index < -0.39 is 17.9 Å². The number of rotatable bonds is 8. The van der Waals surface area contributed by atoms with Crippen molar-refractivity contribution >= 4 is 35.5 Å². The van der Waals surface area contributed by atoms with Gasteiger partial charge in [0.15, 0.2) is 0 Å². The third-order valence-corrected chi connectivity index (χ3v) is 7.18. The molecule has 2 aliphatic heterocycles. The summed E-state index contributed by atoms with van der Waals surface area (Å²) in [7, 11) is 0. The van der Waals surface area contributed by atoms with Gasteiger partial charge >= 0.3 is 5.97 Å². The second kappa shape index (κ2) is 10.8. The van der Waals surface area contributed by atoms with E-state index in [9.17, 15) is 24.3 Å². The molecule has 0 aliphatic carbocycles. The van der Waals surface area contributed by atoms with Crippen LogP contribution in [0.4, 0.5) is 0 Å². The number of nitrogens with one attached hydrogen (secondary N) is 2. The fraction of sp³-hybridized carbons (Fsp3) is 0.308. The van der Waals surface area contributed by atoms with Gasteiger partial charge in [0.25, 0.3) is 17.7 Å². The third-order valence-electron chi connectivity index (χ3n) is 6.08. The van der Waals surface area contributed by atoms with Gasteiger partial charge in [0, 0.05) is 36.5 Å². The normalized spacial score (nSPS) is 15.7. The van der Waals surface area contributed by atoms with Crippen molar-refractivity contribution in [3.8, 4) is 0 Å². The maximum atomic E-state index is 13.1. The molecule has 3 N–H and O–H groups in total. The van der Waals surface area contributed by atoms with Crippen molar-refractivity contribution in [2.45, 2.75) is 32.4 Å². The molecule has 182 valence electrons. The summed E-state index contributed by atoms with van der Waals surface area (Å²) in [6, 6.07) is 11.9. The summed E-state index contributed by atoms with van der Waals surface area (Å²) in [5.41, 5.74) is 3.27. The van der Waals surface area contributed by atoms with Gasteiger partial charge in [-0.25, -0.2) is 4.79 Å². The monoisotopic (exact) mass is 493 g/mol. The molecule has 0 saturated heterocycles. The van der Waals surface area contributed by atoms with Crippen LogP contribution in [0.1, 0.15) is 43.8 Å². The Morgan fingerprint density at radius 3 is 2.60 bits per heavy atom. The van der Waals surface area contributed by atoms with Crippen LogP contribution in [0.15, 0.2) is 53.4 Å². The van der Waals surface area contributed by atoms with Gasteiger partial charge in [-0.3, -0.25) is 14.4 Å². The molecule has 2 aromatic rings. The first kappa shape index (κ1) is 24.5. The molecule has 0 radical (unpaired) electrons. The third kappa shape index (κ3) is 5.74. The zero-order chi connectivity index (χ0) is 24.9. The lowest BCUT2D eigenvalue weighted by Crippen LogP contribution is -2.48. The van der Waals surface area contributed by atoms with Gasteiger partial charge in [0.2, 0.25) is 0 Å². The molecular weight excluding hydrogens is 466 g/mol. The first-order valence-corrected chi connectivity index (χ1v) is 12.4. The van der Waals surface area contributed by atoms with E-state index in [2.05, 4.69) is 10.6 Å². The molecule has 0 fully saturated rings. The molecular formula is C26H27N3O5S. The molecule has 0 unspecified atom stereocenters. The minimum absolute atomic E-state index is 0.0876. The van der Waals surface area contributed by atoms with Gasteiger partial charge in [0.1, 0.15) is 6.04 Å². The lowest BCUT2D eigenvalue weighted by Gasteiger charge is -2.29. The van der Waals surface area contributed by atoms with E-state index >= 15 is 0 Å². The van der Waals surface area contributed by atoms with Crippen LogP contribution < -0.4 is 10.6 Å².